The van der Waals surface area contributed by atoms with Gasteiger partial charge in [0, 0.05) is 18.7 Å². The van der Waals surface area contributed by atoms with Crippen molar-refractivity contribution in [3.8, 4) is 5.88 Å². The van der Waals surface area contributed by atoms with Crippen LogP contribution in [0, 0.1) is 6.92 Å². The van der Waals surface area contributed by atoms with Crippen molar-refractivity contribution in [2.24, 2.45) is 0 Å². The molecule has 0 aliphatic carbocycles. The van der Waals surface area contributed by atoms with E-state index in [9.17, 15) is 18.3 Å². The lowest BCUT2D eigenvalue weighted by molar-refractivity contribution is -0.0459. The van der Waals surface area contributed by atoms with Gasteiger partial charge in [-0.15, -0.1) is 0 Å². The number of benzene rings is 1. The van der Waals surface area contributed by atoms with E-state index in [1.165, 1.54) is 24.4 Å². The maximum Gasteiger partial charge on any atom is 0.353 e. The predicted octanol–water partition coefficient (Wildman–Crippen LogP) is -0.0399. The van der Waals surface area contributed by atoms with E-state index >= 15 is 0 Å². The van der Waals surface area contributed by atoms with Crippen LogP contribution in [0.5, 0.6) is 5.88 Å². The number of ether oxygens (including phenoxy) is 1. The Morgan fingerprint density at radius 3 is 2.58 bits per heavy atom. The molecule has 0 amide bonds. The predicted molar refractivity (Wildman–Crippen MR) is 89.1 cm³/mol. The molecule has 3 rings (SSSR count). The summed E-state index contributed by atoms with van der Waals surface area (Å²) in [5, 5.41) is 18.8. The minimum atomic E-state index is -4.12. The summed E-state index contributed by atoms with van der Waals surface area (Å²) in [7, 11) is -4.12. The van der Waals surface area contributed by atoms with Crippen LogP contribution in [-0.2, 0) is 14.9 Å². The van der Waals surface area contributed by atoms with Gasteiger partial charge in [0.1, 0.15) is 17.2 Å². The minimum absolute atomic E-state index is 0.0536. The molecule has 1 aromatic carbocycles. The molecule has 0 bridgehead atoms. The van der Waals surface area contributed by atoms with Gasteiger partial charge in [-0.1, -0.05) is 17.7 Å². The van der Waals surface area contributed by atoms with E-state index in [1.807, 2.05) is 6.92 Å². The molecule has 0 radical (unpaired) electrons. The first-order valence-electron chi connectivity index (χ1n) is 7.85. The molecule has 10 heteroatoms. The van der Waals surface area contributed by atoms with Crippen LogP contribution in [-0.4, -0.2) is 47.0 Å². The standard InChI is InChI=1S/C16H18N2O7S/c1-10-2-4-11(5-3-10)26(22,23)25-14-6-7-18(16(21)17-14)15-8-12(20)13(9-19)24-15/h2-7,12-13,15,19-20H,8-9H2,1H3/t12-,13+,15+/m0/s1. The molecule has 1 saturated heterocycles. The third kappa shape index (κ3) is 3.78. The van der Waals surface area contributed by atoms with Crippen LogP contribution in [0.25, 0.3) is 0 Å². The van der Waals surface area contributed by atoms with Crippen LogP contribution in [0.3, 0.4) is 0 Å². The molecule has 0 spiro atoms. The Balaban J connectivity index is 1.80. The van der Waals surface area contributed by atoms with Crippen LogP contribution in [0.4, 0.5) is 0 Å². The Hall–Kier alpha value is -2.27. The second-order valence-corrected chi connectivity index (χ2v) is 7.47. The van der Waals surface area contributed by atoms with Gasteiger partial charge in [0.05, 0.1) is 12.7 Å². The Bertz CT molecular complexity index is 940. The van der Waals surface area contributed by atoms with Crippen LogP contribution >= 0.6 is 0 Å². The number of aliphatic hydroxyl groups is 2. The fraction of sp³-hybridized carbons (Fsp3) is 0.375. The van der Waals surface area contributed by atoms with E-state index < -0.39 is 34.2 Å². The Kier molecular flexibility index (Phi) is 5.10. The number of nitrogens with zero attached hydrogens (tertiary/aromatic N) is 2. The number of rotatable bonds is 5. The van der Waals surface area contributed by atoms with Crippen molar-refractivity contribution in [2.75, 3.05) is 6.61 Å². The first-order chi connectivity index (χ1) is 12.3. The van der Waals surface area contributed by atoms with Crippen molar-refractivity contribution >= 4 is 10.1 Å². The summed E-state index contributed by atoms with van der Waals surface area (Å²) >= 11 is 0. The lowest BCUT2D eigenvalue weighted by atomic mass is 10.2. The fourth-order valence-electron chi connectivity index (χ4n) is 2.58. The summed E-state index contributed by atoms with van der Waals surface area (Å²) in [6.45, 7) is 1.44. The van der Waals surface area contributed by atoms with Gasteiger partial charge < -0.3 is 19.1 Å². The highest BCUT2D eigenvalue weighted by Crippen LogP contribution is 2.27. The summed E-state index contributed by atoms with van der Waals surface area (Å²) in [5.41, 5.74) is 0.0991. The van der Waals surface area contributed by atoms with Gasteiger partial charge in [0.15, 0.2) is 0 Å². The molecule has 0 unspecified atom stereocenters. The number of aromatic nitrogens is 2. The zero-order valence-corrected chi connectivity index (χ0v) is 14.7. The summed E-state index contributed by atoms with van der Waals surface area (Å²) < 4.78 is 35.9. The zero-order chi connectivity index (χ0) is 18.9. The smallest absolute Gasteiger partial charge is 0.353 e. The number of aliphatic hydroxyl groups excluding tert-OH is 2. The zero-order valence-electron chi connectivity index (χ0n) is 13.8. The second kappa shape index (κ2) is 7.16. The third-order valence-corrected chi connectivity index (χ3v) is 5.24. The third-order valence-electron chi connectivity index (χ3n) is 4.00. The first kappa shape index (κ1) is 18.5. The molecule has 2 N–H and O–H groups in total. The van der Waals surface area contributed by atoms with Crippen molar-refractivity contribution < 1.29 is 27.6 Å². The monoisotopic (exact) mass is 382 g/mol. The Labute approximate surface area is 149 Å². The average Bonchev–Trinajstić information content (AvgIpc) is 2.95. The molecule has 1 aliphatic heterocycles. The van der Waals surface area contributed by atoms with Gasteiger partial charge in [-0.2, -0.15) is 13.4 Å². The van der Waals surface area contributed by atoms with Crippen LogP contribution in [0.2, 0.25) is 0 Å². The van der Waals surface area contributed by atoms with Crippen molar-refractivity contribution in [3.63, 3.8) is 0 Å². The van der Waals surface area contributed by atoms with Crippen molar-refractivity contribution in [2.45, 2.75) is 36.7 Å². The van der Waals surface area contributed by atoms with Gasteiger partial charge in [-0.3, -0.25) is 4.57 Å². The van der Waals surface area contributed by atoms with Gasteiger partial charge in [0.25, 0.3) is 0 Å². The van der Waals surface area contributed by atoms with Gasteiger partial charge in [-0.05, 0) is 19.1 Å². The van der Waals surface area contributed by atoms with E-state index in [2.05, 4.69) is 4.98 Å². The van der Waals surface area contributed by atoms with Crippen LogP contribution < -0.4 is 9.87 Å². The molecule has 2 aromatic rings. The van der Waals surface area contributed by atoms with Crippen LogP contribution in [0.15, 0.2) is 46.2 Å². The largest absolute Gasteiger partial charge is 0.394 e. The van der Waals surface area contributed by atoms with Crippen molar-refractivity contribution in [3.05, 3.63) is 52.6 Å². The number of hydrogen-bond acceptors (Lipinski definition) is 8. The summed E-state index contributed by atoms with van der Waals surface area (Å²) in [6.07, 6.45) is -1.12. The topological polar surface area (TPSA) is 128 Å². The highest BCUT2D eigenvalue weighted by atomic mass is 32.2. The maximum absolute atomic E-state index is 12.2. The van der Waals surface area contributed by atoms with Gasteiger partial charge in [-0.25, -0.2) is 4.79 Å². The van der Waals surface area contributed by atoms with E-state index in [0.29, 0.717) is 0 Å². The molecule has 1 fully saturated rings. The number of aryl methyl sites for hydroxylation is 1. The van der Waals surface area contributed by atoms with Crippen LogP contribution in [0.1, 0.15) is 18.2 Å². The van der Waals surface area contributed by atoms with E-state index in [-0.39, 0.29) is 23.8 Å². The minimum Gasteiger partial charge on any atom is -0.394 e. The molecule has 1 aromatic heterocycles. The normalized spacial score (nSPS) is 23.1. The quantitative estimate of drug-likeness (QED) is 0.690. The number of hydrogen-bond donors (Lipinski definition) is 2. The fourth-order valence-corrected chi connectivity index (χ4v) is 3.46. The first-order valence-corrected chi connectivity index (χ1v) is 9.26. The van der Waals surface area contributed by atoms with Gasteiger partial charge >= 0.3 is 15.8 Å². The van der Waals surface area contributed by atoms with E-state index in [1.54, 1.807) is 12.1 Å². The molecule has 140 valence electrons. The van der Waals surface area contributed by atoms with Crippen molar-refractivity contribution in [1.82, 2.24) is 9.55 Å². The van der Waals surface area contributed by atoms with E-state index in [4.69, 9.17) is 14.0 Å². The Morgan fingerprint density at radius 1 is 1.31 bits per heavy atom. The molecular formula is C16H18N2O7S. The SMILES string of the molecule is Cc1ccc(S(=O)(=O)Oc2ccn([C@H]3C[C@H](O)[C@@H](CO)O3)c(=O)n2)cc1. The lowest BCUT2D eigenvalue weighted by Crippen LogP contribution is -2.28. The van der Waals surface area contributed by atoms with E-state index in [0.717, 1.165) is 10.1 Å². The Morgan fingerprint density at radius 2 is 2.00 bits per heavy atom. The summed E-state index contributed by atoms with van der Waals surface area (Å²) in [5.74, 6) is -0.371. The highest BCUT2D eigenvalue weighted by molar-refractivity contribution is 7.87. The molecule has 1 aliphatic rings. The van der Waals surface area contributed by atoms with Gasteiger partial charge in [0.2, 0.25) is 5.88 Å². The maximum atomic E-state index is 12.2. The highest BCUT2D eigenvalue weighted by Gasteiger charge is 2.35. The molecule has 2 heterocycles. The summed E-state index contributed by atoms with van der Waals surface area (Å²) in [4.78, 5) is 15.7. The average molecular weight is 382 g/mol. The second-order valence-electron chi connectivity index (χ2n) is 5.92. The summed E-state index contributed by atoms with van der Waals surface area (Å²) in [6, 6.07) is 7.27. The molecular weight excluding hydrogens is 364 g/mol. The molecule has 3 atom stereocenters. The molecule has 0 saturated carbocycles. The molecule has 26 heavy (non-hydrogen) atoms. The molecule has 9 nitrogen and oxygen atoms in total. The van der Waals surface area contributed by atoms with Crippen molar-refractivity contribution in [1.29, 1.82) is 0 Å². The lowest BCUT2D eigenvalue weighted by Gasteiger charge is -2.14.